The third-order valence-corrected chi connectivity index (χ3v) is 3.39. The fourth-order valence-corrected chi connectivity index (χ4v) is 2.24. The molecule has 2 rings (SSSR count). The van der Waals surface area contributed by atoms with Crippen molar-refractivity contribution in [3.63, 3.8) is 0 Å². The summed E-state index contributed by atoms with van der Waals surface area (Å²) in [4.78, 5) is 23.9. The van der Waals surface area contributed by atoms with E-state index in [-0.39, 0.29) is 24.7 Å². The van der Waals surface area contributed by atoms with Crippen molar-refractivity contribution in [2.45, 2.75) is 19.4 Å². The van der Waals surface area contributed by atoms with Crippen molar-refractivity contribution < 1.29 is 23.5 Å². The van der Waals surface area contributed by atoms with E-state index in [1.807, 2.05) is 0 Å². The molecule has 20 heavy (non-hydrogen) atoms. The number of halogens is 2. The first-order valence-electron chi connectivity index (χ1n) is 6.03. The number of nitrogens with one attached hydrogen (secondary N) is 1. The van der Waals surface area contributed by atoms with Crippen molar-refractivity contribution >= 4 is 17.6 Å². The quantitative estimate of drug-likeness (QED) is 0.860. The van der Waals surface area contributed by atoms with Gasteiger partial charge in [0.05, 0.1) is 5.56 Å². The maximum atomic E-state index is 14.0. The molecule has 0 radical (unpaired) electrons. The Kier molecular flexibility index (Phi) is 3.37. The minimum absolute atomic E-state index is 0.235. The monoisotopic (exact) mass is 284 g/mol. The highest BCUT2D eigenvalue weighted by Crippen LogP contribution is 2.31. The van der Waals surface area contributed by atoms with Crippen LogP contribution in [-0.4, -0.2) is 35.6 Å². The minimum Gasteiger partial charge on any atom is -0.478 e. The number of rotatable bonds is 2. The summed E-state index contributed by atoms with van der Waals surface area (Å²) in [5, 5.41) is 11.4. The number of amides is 1. The Morgan fingerprint density at radius 3 is 2.40 bits per heavy atom. The lowest BCUT2D eigenvalue weighted by atomic mass is 9.97. The van der Waals surface area contributed by atoms with E-state index in [2.05, 4.69) is 5.32 Å². The molecule has 0 unspecified atom stereocenters. The molecular weight excluding hydrogens is 270 g/mol. The number of carboxylic acids is 1. The number of carboxylic acid groups (broad SMARTS) is 1. The summed E-state index contributed by atoms with van der Waals surface area (Å²) < 4.78 is 28.1. The molecule has 108 valence electrons. The van der Waals surface area contributed by atoms with Gasteiger partial charge in [0.25, 0.3) is 0 Å². The van der Waals surface area contributed by atoms with Crippen LogP contribution in [0.5, 0.6) is 0 Å². The van der Waals surface area contributed by atoms with Crippen LogP contribution in [0, 0.1) is 11.6 Å². The van der Waals surface area contributed by atoms with Crippen molar-refractivity contribution in [2.24, 2.45) is 0 Å². The average molecular weight is 284 g/mol. The third-order valence-electron chi connectivity index (χ3n) is 3.39. The van der Waals surface area contributed by atoms with Gasteiger partial charge in [0.15, 0.2) is 0 Å². The largest absolute Gasteiger partial charge is 0.478 e. The first kappa shape index (κ1) is 14.2. The van der Waals surface area contributed by atoms with Gasteiger partial charge in [-0.25, -0.2) is 13.6 Å². The van der Waals surface area contributed by atoms with Gasteiger partial charge in [-0.3, -0.25) is 4.79 Å². The van der Waals surface area contributed by atoms with Gasteiger partial charge < -0.3 is 15.3 Å². The molecule has 1 saturated heterocycles. The van der Waals surface area contributed by atoms with Crippen LogP contribution in [0.2, 0.25) is 0 Å². The molecule has 1 aromatic carbocycles. The summed E-state index contributed by atoms with van der Waals surface area (Å²) in [7, 11) is 0. The highest BCUT2D eigenvalue weighted by atomic mass is 19.1. The van der Waals surface area contributed by atoms with Gasteiger partial charge >= 0.3 is 5.97 Å². The fraction of sp³-hybridized carbons (Fsp3) is 0.385. The first-order chi connectivity index (χ1) is 9.25. The molecule has 0 spiro atoms. The van der Waals surface area contributed by atoms with Crippen LogP contribution in [0.3, 0.4) is 0 Å². The molecule has 1 aliphatic heterocycles. The Labute approximate surface area is 114 Å². The van der Waals surface area contributed by atoms with Crippen molar-refractivity contribution in [3.8, 4) is 0 Å². The minimum atomic E-state index is -1.41. The second kappa shape index (κ2) is 4.73. The van der Waals surface area contributed by atoms with Crippen molar-refractivity contribution in [2.75, 3.05) is 18.0 Å². The molecular formula is C13H14F2N2O3. The van der Waals surface area contributed by atoms with Crippen LogP contribution in [-0.2, 0) is 4.79 Å². The number of hydrogen-bond acceptors (Lipinski definition) is 3. The zero-order valence-corrected chi connectivity index (χ0v) is 11.0. The topological polar surface area (TPSA) is 69.6 Å². The fourth-order valence-electron chi connectivity index (χ4n) is 2.24. The van der Waals surface area contributed by atoms with Gasteiger partial charge in [0, 0.05) is 13.1 Å². The second-order valence-corrected chi connectivity index (χ2v) is 5.06. The van der Waals surface area contributed by atoms with E-state index in [9.17, 15) is 18.4 Å². The number of anilines is 1. The van der Waals surface area contributed by atoms with Crippen LogP contribution in [0.1, 0.15) is 24.2 Å². The smallest absolute Gasteiger partial charge is 0.335 e. The summed E-state index contributed by atoms with van der Waals surface area (Å²) in [5.74, 6) is -3.75. The van der Waals surface area contributed by atoms with Gasteiger partial charge in [0.1, 0.15) is 22.9 Å². The van der Waals surface area contributed by atoms with E-state index in [1.54, 1.807) is 13.8 Å². The predicted octanol–water partition coefficient (Wildman–Crippen LogP) is 1.38. The molecule has 1 fully saturated rings. The summed E-state index contributed by atoms with van der Waals surface area (Å²) in [5.41, 5.74) is -1.97. The van der Waals surface area contributed by atoms with Crippen LogP contribution >= 0.6 is 0 Å². The summed E-state index contributed by atoms with van der Waals surface area (Å²) in [6, 6.07) is 1.51. The van der Waals surface area contributed by atoms with Crippen molar-refractivity contribution in [1.29, 1.82) is 0 Å². The lowest BCUT2D eigenvalue weighted by Gasteiger charge is -2.42. The summed E-state index contributed by atoms with van der Waals surface area (Å²) in [6.45, 7) is 3.60. The molecule has 7 heteroatoms. The number of carbonyl (C=O) groups is 2. The van der Waals surface area contributed by atoms with Gasteiger partial charge in [0.2, 0.25) is 5.91 Å². The number of nitrogens with zero attached hydrogens (tertiary/aromatic N) is 1. The van der Waals surface area contributed by atoms with Crippen LogP contribution < -0.4 is 10.2 Å². The molecule has 0 aliphatic carbocycles. The van der Waals surface area contributed by atoms with Gasteiger partial charge in [-0.15, -0.1) is 0 Å². The van der Waals surface area contributed by atoms with Gasteiger partial charge in [-0.1, -0.05) is 0 Å². The summed E-state index contributed by atoms with van der Waals surface area (Å²) in [6.07, 6.45) is 0. The molecule has 1 amide bonds. The zero-order chi connectivity index (χ0) is 15.1. The maximum absolute atomic E-state index is 14.0. The first-order valence-corrected chi connectivity index (χ1v) is 6.03. The maximum Gasteiger partial charge on any atom is 0.335 e. The van der Waals surface area contributed by atoms with Crippen LogP contribution in [0.4, 0.5) is 14.5 Å². The molecule has 1 aliphatic rings. The Morgan fingerprint density at radius 1 is 1.35 bits per heavy atom. The zero-order valence-electron chi connectivity index (χ0n) is 11.0. The van der Waals surface area contributed by atoms with E-state index in [0.717, 1.165) is 12.1 Å². The van der Waals surface area contributed by atoms with E-state index in [4.69, 9.17) is 5.11 Å². The molecule has 0 bridgehead atoms. The highest BCUT2D eigenvalue weighted by molar-refractivity contribution is 5.91. The molecule has 1 aromatic rings. The number of benzene rings is 1. The number of aromatic carboxylic acids is 1. The Morgan fingerprint density at radius 2 is 1.90 bits per heavy atom. The molecule has 0 saturated carbocycles. The number of piperazine rings is 1. The Hall–Kier alpha value is -2.18. The summed E-state index contributed by atoms with van der Waals surface area (Å²) >= 11 is 0. The van der Waals surface area contributed by atoms with E-state index < -0.39 is 28.7 Å². The number of hydrogen-bond donors (Lipinski definition) is 2. The molecule has 2 N–H and O–H groups in total. The lowest BCUT2D eigenvalue weighted by Crippen LogP contribution is -2.62. The number of carbonyl (C=O) groups excluding carboxylic acids is 1. The van der Waals surface area contributed by atoms with Crippen molar-refractivity contribution in [1.82, 2.24) is 5.32 Å². The molecule has 0 atom stereocenters. The normalized spacial score (nSPS) is 17.8. The van der Waals surface area contributed by atoms with Gasteiger partial charge in [-0.2, -0.15) is 0 Å². The average Bonchev–Trinajstić information content (AvgIpc) is 2.33. The Bertz CT molecular complexity index is 564. The highest BCUT2D eigenvalue weighted by Gasteiger charge is 2.40. The lowest BCUT2D eigenvalue weighted by molar-refractivity contribution is -0.126. The van der Waals surface area contributed by atoms with E-state index in [1.165, 1.54) is 4.90 Å². The predicted molar refractivity (Wildman–Crippen MR) is 67.8 cm³/mol. The van der Waals surface area contributed by atoms with Crippen LogP contribution in [0.25, 0.3) is 0 Å². The van der Waals surface area contributed by atoms with Crippen molar-refractivity contribution in [3.05, 3.63) is 29.3 Å². The van der Waals surface area contributed by atoms with Gasteiger partial charge in [-0.05, 0) is 26.0 Å². The Balaban J connectivity index is 2.52. The van der Waals surface area contributed by atoms with Crippen LogP contribution in [0.15, 0.2) is 12.1 Å². The third kappa shape index (κ3) is 2.19. The van der Waals surface area contributed by atoms with E-state index in [0.29, 0.717) is 0 Å². The molecule has 0 aromatic heterocycles. The molecule has 5 nitrogen and oxygen atoms in total. The molecule has 1 heterocycles. The van der Waals surface area contributed by atoms with E-state index >= 15 is 0 Å². The second-order valence-electron chi connectivity index (χ2n) is 5.06. The standard InChI is InChI=1S/C13H14F2N2O3/c1-13(2)12(20)16-3-4-17(13)10-8(14)5-7(11(18)19)6-9(10)15/h5-6H,3-4H2,1-2H3,(H,16,20)(H,18,19). The SMILES string of the molecule is CC1(C)C(=O)NCCN1c1c(F)cc(C(=O)O)cc1F.